The van der Waals surface area contributed by atoms with E-state index in [0.29, 0.717) is 61.3 Å². The number of ether oxygens (including phenoxy) is 1. The van der Waals surface area contributed by atoms with E-state index in [2.05, 4.69) is 15.3 Å². The number of benzene rings is 1. The van der Waals surface area contributed by atoms with Crippen LogP contribution in [-0.4, -0.2) is 48.0 Å². The number of nitrogens with one attached hydrogen (secondary N) is 1. The normalized spacial score (nSPS) is 14.0. The van der Waals surface area contributed by atoms with Crippen LogP contribution in [0.5, 0.6) is 0 Å². The smallest absolute Gasteiger partial charge is 0.227 e. The molecule has 0 bridgehead atoms. The second-order valence-electron chi connectivity index (χ2n) is 7.76. The molecule has 0 amide bonds. The van der Waals surface area contributed by atoms with Crippen molar-refractivity contribution in [2.45, 2.75) is 12.8 Å². The van der Waals surface area contributed by atoms with Crippen molar-refractivity contribution in [3.63, 3.8) is 0 Å². The molecule has 2 N–H and O–H groups in total. The van der Waals surface area contributed by atoms with Crippen molar-refractivity contribution in [2.24, 2.45) is 0 Å². The van der Waals surface area contributed by atoms with Crippen LogP contribution in [0.15, 0.2) is 57.2 Å². The van der Waals surface area contributed by atoms with Crippen LogP contribution in [0.25, 0.3) is 21.4 Å². The van der Waals surface area contributed by atoms with Gasteiger partial charge in [-0.3, -0.25) is 4.79 Å². The number of anilines is 3. The van der Waals surface area contributed by atoms with E-state index in [1.807, 2.05) is 40.6 Å². The Labute approximate surface area is 194 Å². The predicted octanol–water partition coefficient (Wildman–Crippen LogP) is 3.82. The van der Waals surface area contributed by atoms with Gasteiger partial charge in [0, 0.05) is 54.3 Å². The van der Waals surface area contributed by atoms with Crippen LogP contribution in [0.2, 0.25) is 0 Å². The lowest BCUT2D eigenvalue weighted by molar-refractivity contribution is 0.121. The SMILES string of the molecule is O=c1cc(N2CCOCC2)oc2c(-c3ccc(Nc4nccc(CCCO)n4)cc3)csc12. The number of rotatable bonds is 7. The number of aliphatic hydroxyl groups excluding tert-OH is 1. The molecule has 0 saturated carbocycles. The van der Waals surface area contributed by atoms with E-state index in [1.54, 1.807) is 12.3 Å². The third-order valence-corrected chi connectivity index (χ3v) is 6.49. The maximum Gasteiger partial charge on any atom is 0.227 e. The highest BCUT2D eigenvalue weighted by Gasteiger charge is 2.18. The van der Waals surface area contributed by atoms with E-state index < -0.39 is 0 Å². The number of thiophene rings is 1. The zero-order chi connectivity index (χ0) is 22.6. The molecule has 8 nitrogen and oxygen atoms in total. The molecule has 170 valence electrons. The van der Waals surface area contributed by atoms with Gasteiger partial charge in [0.05, 0.1) is 13.2 Å². The van der Waals surface area contributed by atoms with Crippen LogP contribution in [0.4, 0.5) is 17.5 Å². The Kier molecular flexibility index (Phi) is 6.34. The second kappa shape index (κ2) is 9.70. The lowest BCUT2D eigenvalue weighted by atomic mass is 10.1. The van der Waals surface area contributed by atoms with Crippen molar-refractivity contribution in [2.75, 3.05) is 43.1 Å². The number of aryl methyl sites for hydroxylation is 1. The van der Waals surface area contributed by atoms with Crippen molar-refractivity contribution in [1.29, 1.82) is 0 Å². The third kappa shape index (κ3) is 4.75. The van der Waals surface area contributed by atoms with Gasteiger partial charge in [0.25, 0.3) is 0 Å². The lowest BCUT2D eigenvalue weighted by Gasteiger charge is -2.27. The van der Waals surface area contributed by atoms with Gasteiger partial charge in [-0.25, -0.2) is 9.97 Å². The van der Waals surface area contributed by atoms with E-state index in [0.717, 1.165) is 22.5 Å². The summed E-state index contributed by atoms with van der Waals surface area (Å²) in [5.41, 5.74) is 4.20. The largest absolute Gasteiger partial charge is 0.439 e. The monoisotopic (exact) mass is 464 g/mol. The van der Waals surface area contributed by atoms with E-state index in [4.69, 9.17) is 14.3 Å². The van der Waals surface area contributed by atoms with Gasteiger partial charge < -0.3 is 24.5 Å². The zero-order valence-corrected chi connectivity index (χ0v) is 18.8. The van der Waals surface area contributed by atoms with Gasteiger partial charge in [-0.2, -0.15) is 0 Å². The van der Waals surface area contributed by atoms with E-state index in [-0.39, 0.29) is 12.0 Å². The van der Waals surface area contributed by atoms with Gasteiger partial charge in [-0.1, -0.05) is 12.1 Å². The highest BCUT2D eigenvalue weighted by Crippen LogP contribution is 2.35. The Hall–Kier alpha value is -3.27. The first-order valence-corrected chi connectivity index (χ1v) is 11.8. The summed E-state index contributed by atoms with van der Waals surface area (Å²) in [5, 5.41) is 14.2. The summed E-state index contributed by atoms with van der Waals surface area (Å²) in [6.07, 6.45) is 3.08. The highest BCUT2D eigenvalue weighted by atomic mass is 32.1. The Morgan fingerprint density at radius 1 is 1.15 bits per heavy atom. The third-order valence-electron chi connectivity index (χ3n) is 5.51. The fourth-order valence-corrected chi connectivity index (χ4v) is 4.70. The van der Waals surface area contributed by atoms with Crippen LogP contribution in [0.1, 0.15) is 12.1 Å². The lowest BCUT2D eigenvalue weighted by Crippen LogP contribution is -2.36. The van der Waals surface area contributed by atoms with Gasteiger partial charge in [-0.15, -0.1) is 11.3 Å². The molecule has 4 aromatic rings. The average Bonchev–Trinajstić information content (AvgIpc) is 3.29. The Morgan fingerprint density at radius 2 is 1.97 bits per heavy atom. The summed E-state index contributed by atoms with van der Waals surface area (Å²) < 4.78 is 12.2. The summed E-state index contributed by atoms with van der Waals surface area (Å²) >= 11 is 1.40. The minimum Gasteiger partial charge on any atom is -0.439 e. The number of nitrogens with zero attached hydrogens (tertiary/aromatic N) is 3. The van der Waals surface area contributed by atoms with Crippen LogP contribution >= 0.6 is 11.3 Å². The molecule has 1 aromatic carbocycles. The first kappa shape index (κ1) is 21.6. The predicted molar refractivity (Wildman–Crippen MR) is 130 cm³/mol. The summed E-state index contributed by atoms with van der Waals surface area (Å²) in [6, 6.07) is 11.3. The Morgan fingerprint density at radius 3 is 2.76 bits per heavy atom. The molecule has 5 rings (SSSR count). The van der Waals surface area contributed by atoms with Gasteiger partial charge in [0.15, 0.2) is 11.5 Å². The van der Waals surface area contributed by atoms with Gasteiger partial charge >= 0.3 is 0 Å². The van der Waals surface area contributed by atoms with Crippen LogP contribution in [-0.2, 0) is 11.2 Å². The maximum atomic E-state index is 12.7. The van der Waals surface area contributed by atoms with Crippen molar-refractivity contribution in [1.82, 2.24) is 9.97 Å². The first-order chi connectivity index (χ1) is 16.2. The quantitative estimate of drug-likeness (QED) is 0.426. The minimum absolute atomic E-state index is 0.0227. The van der Waals surface area contributed by atoms with Gasteiger partial charge in [-0.05, 0) is 36.6 Å². The number of morpholine rings is 1. The molecule has 0 spiro atoms. The molecule has 33 heavy (non-hydrogen) atoms. The molecule has 9 heteroatoms. The van der Waals surface area contributed by atoms with Crippen molar-refractivity contribution in [3.05, 3.63) is 63.9 Å². The maximum absolute atomic E-state index is 12.7. The number of aliphatic hydroxyl groups is 1. The fraction of sp³-hybridized carbons (Fsp3) is 0.292. The minimum atomic E-state index is -0.0227. The topological polar surface area (TPSA) is 101 Å². The molecule has 1 saturated heterocycles. The molecule has 1 aliphatic heterocycles. The standard InChI is InChI=1S/C24H24N4O4S/c29-11-1-2-17-7-8-25-24(26-17)27-18-5-3-16(4-6-18)19-15-33-23-20(30)14-21(32-22(19)23)28-9-12-31-13-10-28/h3-8,14-15,29H,1-2,9-13H2,(H,25,26,27). The van der Waals surface area contributed by atoms with Crippen molar-refractivity contribution >= 4 is 39.1 Å². The van der Waals surface area contributed by atoms with Gasteiger partial charge in [0.2, 0.25) is 11.4 Å². The summed E-state index contributed by atoms with van der Waals surface area (Å²) in [4.78, 5) is 23.5. The van der Waals surface area contributed by atoms with Crippen LogP contribution in [0.3, 0.4) is 0 Å². The first-order valence-electron chi connectivity index (χ1n) is 10.9. The number of hydrogen-bond acceptors (Lipinski definition) is 9. The van der Waals surface area contributed by atoms with Crippen molar-refractivity contribution < 1.29 is 14.3 Å². The number of aromatic nitrogens is 2. The van der Waals surface area contributed by atoms with E-state index >= 15 is 0 Å². The molecular formula is C24H24N4O4S. The van der Waals surface area contributed by atoms with Gasteiger partial charge in [0.1, 0.15) is 4.70 Å². The molecule has 0 unspecified atom stereocenters. The van der Waals surface area contributed by atoms with Crippen LogP contribution in [0, 0.1) is 0 Å². The second-order valence-corrected chi connectivity index (χ2v) is 8.64. The molecule has 1 fully saturated rings. The average molecular weight is 465 g/mol. The molecule has 3 aromatic heterocycles. The summed E-state index contributed by atoms with van der Waals surface area (Å²) in [7, 11) is 0. The number of hydrogen-bond donors (Lipinski definition) is 2. The fourth-order valence-electron chi connectivity index (χ4n) is 3.79. The molecule has 0 radical (unpaired) electrons. The van der Waals surface area contributed by atoms with Crippen molar-refractivity contribution in [3.8, 4) is 11.1 Å². The van der Waals surface area contributed by atoms with E-state index in [1.165, 1.54) is 11.3 Å². The molecule has 4 heterocycles. The molecule has 0 atom stereocenters. The van der Waals surface area contributed by atoms with E-state index in [9.17, 15) is 4.79 Å². The highest BCUT2D eigenvalue weighted by molar-refractivity contribution is 7.17. The molecular weight excluding hydrogens is 440 g/mol. The summed E-state index contributed by atoms with van der Waals surface area (Å²) in [6.45, 7) is 2.80. The summed E-state index contributed by atoms with van der Waals surface area (Å²) in [5.74, 6) is 1.10. The molecule has 0 aliphatic carbocycles. The molecule has 1 aliphatic rings. The Bertz CT molecular complexity index is 1300. The van der Waals surface area contributed by atoms with Crippen LogP contribution < -0.4 is 15.6 Å². The zero-order valence-electron chi connectivity index (χ0n) is 18.0. The Balaban J connectivity index is 1.39. The number of fused-ring (bicyclic) bond motifs is 1.